The minimum absolute atomic E-state index is 0.00596. The maximum atomic E-state index is 12.9. The first-order valence-electron chi connectivity index (χ1n) is 5.80. The number of nitrogens with zero attached hydrogens (tertiary/aromatic N) is 2. The highest BCUT2D eigenvalue weighted by Crippen LogP contribution is 2.21. The molecule has 0 atom stereocenters. The van der Waals surface area contributed by atoms with Crippen LogP contribution < -0.4 is 5.32 Å². The number of rotatable bonds is 5. The Labute approximate surface area is 111 Å². The van der Waals surface area contributed by atoms with Crippen molar-refractivity contribution in [1.29, 1.82) is 0 Å². The van der Waals surface area contributed by atoms with Crippen LogP contribution in [0.1, 0.15) is 17.8 Å². The average molecular weight is 289 g/mol. The Hall–Kier alpha value is -2.12. The van der Waals surface area contributed by atoms with Gasteiger partial charge in [-0.3, -0.25) is 0 Å². The molecule has 0 aliphatic carbocycles. The van der Waals surface area contributed by atoms with E-state index in [1.165, 1.54) is 12.1 Å². The number of aromatic nitrogens is 2. The third-order valence-corrected chi connectivity index (χ3v) is 2.43. The molecule has 0 aliphatic heterocycles. The van der Waals surface area contributed by atoms with Crippen molar-refractivity contribution in [2.45, 2.75) is 25.6 Å². The molecule has 2 aromatic rings. The van der Waals surface area contributed by atoms with Crippen LogP contribution in [0.4, 0.5) is 23.6 Å². The molecular weight excluding hydrogens is 278 g/mol. The lowest BCUT2D eigenvalue weighted by molar-refractivity contribution is -0.134. The monoisotopic (exact) mass is 289 g/mol. The lowest BCUT2D eigenvalue weighted by Crippen LogP contribution is -2.09. The fourth-order valence-corrected chi connectivity index (χ4v) is 1.51. The minimum atomic E-state index is -4.25. The van der Waals surface area contributed by atoms with Crippen LogP contribution in [-0.4, -0.2) is 16.3 Å². The van der Waals surface area contributed by atoms with E-state index < -0.39 is 12.6 Å². The molecule has 0 unspecified atom stereocenters. The quantitative estimate of drug-likeness (QED) is 0.858. The number of nitrogens with one attached hydrogen (secondary N) is 1. The molecule has 1 N–H and O–H groups in total. The SMILES string of the molecule is Fc1cccc(CNc2nc(CCC(F)(F)F)no2)c1. The van der Waals surface area contributed by atoms with Crippen molar-refractivity contribution in [3.05, 3.63) is 41.5 Å². The van der Waals surface area contributed by atoms with Gasteiger partial charge in [-0.05, 0) is 17.7 Å². The lowest BCUT2D eigenvalue weighted by atomic mass is 10.2. The van der Waals surface area contributed by atoms with Crippen molar-refractivity contribution < 1.29 is 22.1 Å². The second-order valence-electron chi connectivity index (χ2n) is 4.11. The van der Waals surface area contributed by atoms with E-state index in [1.807, 2.05) is 0 Å². The molecule has 0 bridgehead atoms. The molecule has 0 fully saturated rings. The first-order chi connectivity index (χ1) is 9.42. The molecule has 1 aromatic carbocycles. The summed E-state index contributed by atoms with van der Waals surface area (Å²) in [4.78, 5) is 3.77. The number of anilines is 1. The molecular formula is C12H11F4N3O. The second-order valence-corrected chi connectivity index (χ2v) is 4.11. The van der Waals surface area contributed by atoms with E-state index in [9.17, 15) is 17.6 Å². The Morgan fingerprint density at radius 1 is 1.25 bits per heavy atom. The van der Waals surface area contributed by atoms with E-state index >= 15 is 0 Å². The van der Waals surface area contributed by atoms with Gasteiger partial charge in [-0.25, -0.2) is 4.39 Å². The Morgan fingerprint density at radius 2 is 2.05 bits per heavy atom. The average Bonchev–Trinajstić information content (AvgIpc) is 2.81. The number of benzene rings is 1. The molecule has 20 heavy (non-hydrogen) atoms. The van der Waals surface area contributed by atoms with Crippen LogP contribution in [-0.2, 0) is 13.0 Å². The summed E-state index contributed by atoms with van der Waals surface area (Å²) in [7, 11) is 0. The molecule has 0 amide bonds. The van der Waals surface area contributed by atoms with Crippen molar-refractivity contribution in [2.24, 2.45) is 0 Å². The maximum Gasteiger partial charge on any atom is 0.389 e. The van der Waals surface area contributed by atoms with E-state index in [4.69, 9.17) is 4.52 Å². The molecule has 4 nitrogen and oxygen atoms in total. The van der Waals surface area contributed by atoms with Gasteiger partial charge in [-0.15, -0.1) is 0 Å². The van der Waals surface area contributed by atoms with Gasteiger partial charge in [-0.2, -0.15) is 18.2 Å². The Balaban J connectivity index is 1.87. The summed E-state index contributed by atoms with van der Waals surface area (Å²) in [6, 6.07) is 5.89. The summed E-state index contributed by atoms with van der Waals surface area (Å²) < 4.78 is 53.7. The van der Waals surface area contributed by atoms with Crippen LogP contribution in [0.5, 0.6) is 0 Å². The summed E-state index contributed by atoms with van der Waals surface area (Å²) in [6.07, 6.45) is -5.60. The van der Waals surface area contributed by atoms with E-state index in [1.54, 1.807) is 12.1 Å². The van der Waals surface area contributed by atoms with E-state index in [0.717, 1.165) is 0 Å². The van der Waals surface area contributed by atoms with Gasteiger partial charge >= 0.3 is 12.2 Å². The smallest absolute Gasteiger partial charge is 0.334 e. The van der Waals surface area contributed by atoms with Crippen molar-refractivity contribution in [3.8, 4) is 0 Å². The summed E-state index contributed by atoms with van der Waals surface area (Å²) in [5.74, 6) is -0.398. The highest BCUT2D eigenvalue weighted by Gasteiger charge is 2.27. The summed E-state index contributed by atoms with van der Waals surface area (Å²) in [5.41, 5.74) is 0.653. The summed E-state index contributed by atoms with van der Waals surface area (Å²) in [5, 5.41) is 6.14. The summed E-state index contributed by atoms with van der Waals surface area (Å²) in [6.45, 7) is 0.235. The third-order valence-electron chi connectivity index (χ3n) is 2.43. The predicted octanol–water partition coefficient (Wildman–Crippen LogP) is 3.32. The van der Waals surface area contributed by atoms with Gasteiger partial charge < -0.3 is 9.84 Å². The molecule has 1 aromatic heterocycles. The fraction of sp³-hybridized carbons (Fsp3) is 0.333. The van der Waals surface area contributed by atoms with Crippen molar-refractivity contribution in [2.75, 3.05) is 5.32 Å². The predicted molar refractivity (Wildman–Crippen MR) is 62.4 cm³/mol. The van der Waals surface area contributed by atoms with E-state index in [0.29, 0.717) is 5.56 Å². The molecule has 0 aliphatic rings. The molecule has 108 valence electrons. The largest absolute Gasteiger partial charge is 0.389 e. The second kappa shape index (κ2) is 5.89. The molecule has 2 rings (SSSR count). The van der Waals surface area contributed by atoms with Crippen molar-refractivity contribution in [3.63, 3.8) is 0 Å². The van der Waals surface area contributed by atoms with Gasteiger partial charge in [-0.1, -0.05) is 17.3 Å². The van der Waals surface area contributed by atoms with Crippen molar-refractivity contribution in [1.82, 2.24) is 10.1 Å². The molecule has 0 spiro atoms. The standard InChI is InChI=1S/C12H11F4N3O/c13-9-3-1-2-8(6-9)7-17-11-18-10(19-20-11)4-5-12(14,15)16/h1-3,6H,4-5,7H2,(H,17,18,19). The number of aryl methyl sites for hydroxylation is 1. The first-order valence-corrected chi connectivity index (χ1v) is 5.80. The van der Waals surface area contributed by atoms with E-state index in [-0.39, 0.29) is 30.6 Å². The van der Waals surface area contributed by atoms with Gasteiger partial charge in [0, 0.05) is 13.0 Å². The van der Waals surface area contributed by atoms with Gasteiger partial charge in [0.1, 0.15) is 5.82 Å². The topological polar surface area (TPSA) is 51.0 Å². The van der Waals surface area contributed by atoms with Gasteiger partial charge in [0.2, 0.25) is 0 Å². The molecule has 0 radical (unpaired) electrons. The molecule has 1 heterocycles. The highest BCUT2D eigenvalue weighted by atomic mass is 19.4. The van der Waals surface area contributed by atoms with E-state index in [2.05, 4.69) is 15.5 Å². The number of halogens is 4. The first kappa shape index (κ1) is 14.3. The van der Waals surface area contributed by atoms with Crippen molar-refractivity contribution >= 4 is 6.01 Å². The molecule has 0 saturated heterocycles. The molecule has 8 heteroatoms. The minimum Gasteiger partial charge on any atom is -0.334 e. The van der Waals surface area contributed by atoms with Gasteiger partial charge in [0.25, 0.3) is 0 Å². The van der Waals surface area contributed by atoms with Crippen LogP contribution in [0, 0.1) is 5.82 Å². The van der Waals surface area contributed by atoms with Crippen LogP contribution in [0.2, 0.25) is 0 Å². The zero-order valence-electron chi connectivity index (χ0n) is 10.2. The number of hydrogen-bond donors (Lipinski definition) is 1. The number of alkyl halides is 3. The van der Waals surface area contributed by atoms with Crippen LogP contribution in [0.25, 0.3) is 0 Å². The normalized spacial score (nSPS) is 11.6. The third kappa shape index (κ3) is 4.52. The lowest BCUT2D eigenvalue weighted by Gasteiger charge is -2.02. The molecule has 0 saturated carbocycles. The van der Waals surface area contributed by atoms with Crippen LogP contribution in [0.15, 0.2) is 28.8 Å². The fourth-order valence-electron chi connectivity index (χ4n) is 1.51. The van der Waals surface area contributed by atoms with Gasteiger partial charge in [0.05, 0.1) is 6.42 Å². The van der Waals surface area contributed by atoms with Gasteiger partial charge in [0.15, 0.2) is 5.82 Å². The highest BCUT2D eigenvalue weighted by molar-refractivity contribution is 5.24. The zero-order chi connectivity index (χ0) is 14.6. The van der Waals surface area contributed by atoms with Crippen LogP contribution >= 0.6 is 0 Å². The Bertz CT molecular complexity index is 568. The maximum absolute atomic E-state index is 12.9. The Morgan fingerprint density at radius 3 is 2.75 bits per heavy atom. The summed E-state index contributed by atoms with van der Waals surface area (Å²) >= 11 is 0. The Kier molecular flexibility index (Phi) is 4.21. The van der Waals surface area contributed by atoms with Crippen LogP contribution in [0.3, 0.4) is 0 Å². The zero-order valence-corrected chi connectivity index (χ0v) is 10.2. The number of hydrogen-bond acceptors (Lipinski definition) is 4.